The fourth-order valence-corrected chi connectivity index (χ4v) is 1.48. The van der Waals surface area contributed by atoms with Crippen LogP contribution < -0.4 is 0 Å². The highest BCUT2D eigenvalue weighted by Gasteiger charge is 2.27. The lowest BCUT2D eigenvalue weighted by Crippen LogP contribution is -2.31. The summed E-state index contributed by atoms with van der Waals surface area (Å²) >= 11 is 0. The second kappa shape index (κ2) is 5.15. The number of carbonyl (C=O) groups excluding carboxylic acids is 1. The summed E-state index contributed by atoms with van der Waals surface area (Å²) in [5.74, 6) is 0.657. The summed E-state index contributed by atoms with van der Waals surface area (Å²) < 4.78 is 10.6. The van der Waals surface area contributed by atoms with E-state index < -0.39 is 0 Å². The second-order valence-electron chi connectivity index (χ2n) is 3.69. The van der Waals surface area contributed by atoms with Crippen molar-refractivity contribution < 1.29 is 14.3 Å². The smallest absolute Gasteiger partial charge is 0.225 e. The Morgan fingerprint density at radius 2 is 2.36 bits per heavy atom. The Hall–Kier alpha value is -0.830. The SMILES string of the molecule is CCOC(C(=O)C1=CCCO1)C(C)C. The molecule has 1 atom stereocenters. The van der Waals surface area contributed by atoms with E-state index in [9.17, 15) is 4.79 Å². The zero-order chi connectivity index (χ0) is 10.6. The summed E-state index contributed by atoms with van der Waals surface area (Å²) in [6.07, 6.45) is 2.32. The van der Waals surface area contributed by atoms with Gasteiger partial charge in [-0.2, -0.15) is 0 Å². The van der Waals surface area contributed by atoms with Crippen LogP contribution in [0.15, 0.2) is 11.8 Å². The number of ether oxygens (including phenoxy) is 2. The van der Waals surface area contributed by atoms with E-state index in [-0.39, 0.29) is 17.8 Å². The molecule has 0 bridgehead atoms. The summed E-state index contributed by atoms with van der Waals surface area (Å²) in [5.41, 5.74) is 0. The zero-order valence-corrected chi connectivity index (χ0v) is 9.08. The lowest BCUT2D eigenvalue weighted by atomic mass is 10.0. The lowest BCUT2D eigenvalue weighted by molar-refractivity contribution is -0.132. The molecule has 0 saturated heterocycles. The van der Waals surface area contributed by atoms with E-state index in [2.05, 4.69) is 0 Å². The maximum atomic E-state index is 11.9. The van der Waals surface area contributed by atoms with E-state index in [1.54, 1.807) is 0 Å². The van der Waals surface area contributed by atoms with Crippen molar-refractivity contribution >= 4 is 5.78 Å². The van der Waals surface area contributed by atoms with Gasteiger partial charge in [-0.15, -0.1) is 0 Å². The summed E-state index contributed by atoms with van der Waals surface area (Å²) in [5, 5.41) is 0. The molecule has 0 radical (unpaired) electrons. The first-order chi connectivity index (χ1) is 6.66. The van der Waals surface area contributed by atoms with E-state index in [1.165, 1.54) is 0 Å². The third-order valence-electron chi connectivity index (χ3n) is 2.16. The van der Waals surface area contributed by atoms with Crippen molar-refractivity contribution in [2.24, 2.45) is 5.92 Å². The predicted molar refractivity (Wildman–Crippen MR) is 53.9 cm³/mol. The summed E-state index contributed by atoms with van der Waals surface area (Å²) in [6, 6.07) is 0. The Morgan fingerprint density at radius 3 is 2.79 bits per heavy atom. The Balaban J connectivity index is 2.62. The third-order valence-corrected chi connectivity index (χ3v) is 2.16. The van der Waals surface area contributed by atoms with Gasteiger partial charge in [0.15, 0.2) is 5.76 Å². The van der Waals surface area contributed by atoms with Crippen molar-refractivity contribution in [2.75, 3.05) is 13.2 Å². The van der Waals surface area contributed by atoms with Crippen molar-refractivity contribution in [1.29, 1.82) is 0 Å². The molecule has 0 saturated carbocycles. The molecule has 1 aliphatic rings. The normalized spacial score (nSPS) is 17.9. The van der Waals surface area contributed by atoms with Gasteiger partial charge in [0.1, 0.15) is 6.10 Å². The third kappa shape index (κ3) is 2.58. The van der Waals surface area contributed by atoms with E-state index >= 15 is 0 Å². The molecule has 1 aliphatic heterocycles. The van der Waals surface area contributed by atoms with Gasteiger partial charge >= 0.3 is 0 Å². The molecule has 0 aromatic carbocycles. The van der Waals surface area contributed by atoms with Crippen molar-refractivity contribution in [3.05, 3.63) is 11.8 Å². The zero-order valence-electron chi connectivity index (χ0n) is 9.08. The Morgan fingerprint density at radius 1 is 1.64 bits per heavy atom. The van der Waals surface area contributed by atoms with Crippen molar-refractivity contribution in [2.45, 2.75) is 33.3 Å². The Labute approximate surface area is 85.1 Å². The topological polar surface area (TPSA) is 35.5 Å². The summed E-state index contributed by atoms with van der Waals surface area (Å²) in [4.78, 5) is 11.9. The fourth-order valence-electron chi connectivity index (χ4n) is 1.48. The molecule has 0 spiro atoms. The fraction of sp³-hybridized carbons (Fsp3) is 0.727. The van der Waals surface area contributed by atoms with Crippen LogP contribution in [0, 0.1) is 5.92 Å². The minimum Gasteiger partial charge on any atom is -0.490 e. The van der Waals surface area contributed by atoms with Gasteiger partial charge in [-0.3, -0.25) is 4.79 Å². The Kier molecular flexibility index (Phi) is 4.14. The minimum absolute atomic E-state index is 0.0145. The average molecular weight is 198 g/mol. The molecule has 0 fully saturated rings. The highest BCUT2D eigenvalue weighted by Crippen LogP contribution is 2.17. The molecule has 0 amide bonds. The average Bonchev–Trinajstić information content (AvgIpc) is 2.65. The molecule has 0 aromatic heterocycles. The molecular weight excluding hydrogens is 180 g/mol. The van der Waals surface area contributed by atoms with Crippen LogP contribution in [0.2, 0.25) is 0 Å². The number of ketones is 1. The van der Waals surface area contributed by atoms with E-state index in [0.717, 1.165) is 6.42 Å². The maximum Gasteiger partial charge on any atom is 0.225 e. The van der Waals surface area contributed by atoms with Crippen molar-refractivity contribution in [3.8, 4) is 0 Å². The molecule has 1 rings (SSSR count). The van der Waals surface area contributed by atoms with Gasteiger partial charge < -0.3 is 9.47 Å². The van der Waals surface area contributed by atoms with Crippen molar-refractivity contribution in [1.82, 2.24) is 0 Å². The molecule has 0 aliphatic carbocycles. The largest absolute Gasteiger partial charge is 0.490 e. The van der Waals surface area contributed by atoms with Gasteiger partial charge in [0, 0.05) is 13.0 Å². The summed E-state index contributed by atoms with van der Waals surface area (Å²) in [7, 11) is 0. The number of hydrogen-bond donors (Lipinski definition) is 0. The standard InChI is InChI=1S/C11H18O3/c1-4-13-11(8(2)3)10(12)9-6-5-7-14-9/h6,8,11H,4-5,7H2,1-3H3. The van der Waals surface area contributed by atoms with Gasteiger partial charge in [-0.05, 0) is 18.9 Å². The van der Waals surface area contributed by atoms with Crippen LogP contribution in [0.5, 0.6) is 0 Å². The van der Waals surface area contributed by atoms with Crippen LogP contribution in [0.1, 0.15) is 27.2 Å². The maximum absolute atomic E-state index is 11.9. The number of hydrogen-bond acceptors (Lipinski definition) is 3. The molecule has 0 aromatic rings. The molecular formula is C11H18O3. The number of rotatable bonds is 5. The quantitative estimate of drug-likeness (QED) is 0.677. The van der Waals surface area contributed by atoms with E-state index in [0.29, 0.717) is 19.0 Å². The van der Waals surface area contributed by atoms with Gasteiger partial charge in [0.25, 0.3) is 0 Å². The predicted octanol–water partition coefficient (Wildman–Crippen LogP) is 1.92. The lowest BCUT2D eigenvalue weighted by Gasteiger charge is -2.19. The molecule has 1 unspecified atom stereocenters. The van der Waals surface area contributed by atoms with E-state index in [1.807, 2.05) is 26.8 Å². The Bertz CT molecular complexity index is 231. The highest BCUT2D eigenvalue weighted by molar-refractivity contribution is 5.97. The molecule has 3 nitrogen and oxygen atoms in total. The molecule has 0 N–H and O–H groups in total. The van der Waals surface area contributed by atoms with Gasteiger partial charge in [-0.1, -0.05) is 13.8 Å². The molecule has 80 valence electrons. The van der Waals surface area contributed by atoms with Crippen LogP contribution in [-0.2, 0) is 14.3 Å². The number of Topliss-reactive ketones (excluding diaryl/α,β-unsaturated/α-hetero) is 1. The summed E-state index contributed by atoms with van der Waals surface area (Å²) in [6.45, 7) is 7.04. The molecule has 3 heteroatoms. The van der Waals surface area contributed by atoms with Gasteiger partial charge in [-0.25, -0.2) is 0 Å². The van der Waals surface area contributed by atoms with Crippen LogP contribution in [0.3, 0.4) is 0 Å². The second-order valence-corrected chi connectivity index (χ2v) is 3.69. The van der Waals surface area contributed by atoms with Gasteiger partial charge in [0.2, 0.25) is 5.78 Å². The first-order valence-electron chi connectivity index (χ1n) is 5.15. The minimum atomic E-state index is -0.357. The number of carbonyl (C=O) groups is 1. The van der Waals surface area contributed by atoms with Crippen LogP contribution in [0.25, 0.3) is 0 Å². The first-order valence-corrected chi connectivity index (χ1v) is 5.15. The monoisotopic (exact) mass is 198 g/mol. The van der Waals surface area contributed by atoms with Crippen LogP contribution >= 0.6 is 0 Å². The van der Waals surface area contributed by atoms with Gasteiger partial charge in [0.05, 0.1) is 6.61 Å². The molecule has 14 heavy (non-hydrogen) atoms. The van der Waals surface area contributed by atoms with Crippen molar-refractivity contribution in [3.63, 3.8) is 0 Å². The van der Waals surface area contributed by atoms with E-state index in [4.69, 9.17) is 9.47 Å². The van der Waals surface area contributed by atoms with Crippen LogP contribution in [-0.4, -0.2) is 25.1 Å². The first kappa shape index (κ1) is 11.2. The highest BCUT2D eigenvalue weighted by atomic mass is 16.5. The molecule has 1 heterocycles. The van der Waals surface area contributed by atoms with Crippen LogP contribution in [0.4, 0.5) is 0 Å².